The number of rotatable bonds is 12. The number of ether oxygens (including phenoxy) is 10. The molecule has 3 fully saturated rings. The Morgan fingerprint density at radius 1 is 0.690 bits per heavy atom. The molecule has 58 heavy (non-hydrogen) atoms. The van der Waals surface area contributed by atoms with Gasteiger partial charge in [-0.2, -0.15) is 0 Å². The Morgan fingerprint density at radius 3 is 1.95 bits per heavy atom. The zero-order chi connectivity index (χ0) is 42.3. The molecule has 0 unspecified atom stereocenters. The van der Waals surface area contributed by atoms with Crippen LogP contribution >= 0.6 is 0 Å². The molecule has 1 aromatic heterocycles. The number of hydrogen-bond donors (Lipinski definition) is 11. The highest BCUT2D eigenvalue weighted by Crippen LogP contribution is 2.51. The highest BCUT2D eigenvalue weighted by molar-refractivity contribution is 5.96. The van der Waals surface area contributed by atoms with Crippen molar-refractivity contribution >= 4 is 11.0 Å². The van der Waals surface area contributed by atoms with Crippen LogP contribution in [0.15, 0.2) is 27.4 Å². The first-order valence-corrected chi connectivity index (χ1v) is 17.5. The molecule has 6 rings (SSSR count). The van der Waals surface area contributed by atoms with Crippen molar-refractivity contribution in [2.24, 2.45) is 0 Å². The van der Waals surface area contributed by atoms with Gasteiger partial charge in [0.15, 0.2) is 47.5 Å². The van der Waals surface area contributed by atoms with Gasteiger partial charge in [0.25, 0.3) is 0 Å². The standard InChI is InChI=1S/C35H44O23/c1-48-12-6-5-10(7-11(12)37)26-31(18(40)15-17(39)29(49-2)25(47)30(50-3)28(15)55-26)57-33-21(43)16(38)14(9-52-33)54-34-24(46)20(42)27(13(8-36)53-34)56-35-23(45)19(41)22(44)32(51-4)58-35/h5-7,13-14,16,19-24,27,32-39,41-47H,8-9H2,1-4H3/t13-,14+,16+,19+,20-,21-,22+,23-,24-,27-,32+,33+,34-,35+/m1/s1. The van der Waals surface area contributed by atoms with Gasteiger partial charge in [0.1, 0.15) is 66.4 Å². The topological polar surface area (TPSA) is 345 Å². The summed E-state index contributed by atoms with van der Waals surface area (Å²) in [5, 5.41) is 117. The Hall–Kier alpha value is -4.31. The number of benzene rings is 2. The highest BCUT2D eigenvalue weighted by Gasteiger charge is 2.52. The van der Waals surface area contributed by atoms with E-state index in [4.69, 9.17) is 51.8 Å². The monoisotopic (exact) mass is 832 g/mol. The molecule has 0 saturated carbocycles. The quantitative estimate of drug-likeness (QED) is 0.0850. The summed E-state index contributed by atoms with van der Waals surface area (Å²) in [4.78, 5) is 14.1. The van der Waals surface area contributed by atoms with Crippen molar-refractivity contribution in [3.8, 4) is 51.6 Å². The van der Waals surface area contributed by atoms with Crippen LogP contribution in [0, 0.1) is 0 Å². The van der Waals surface area contributed by atoms with E-state index in [1.807, 2.05) is 0 Å². The van der Waals surface area contributed by atoms with Gasteiger partial charge in [-0.1, -0.05) is 0 Å². The molecule has 23 heteroatoms. The van der Waals surface area contributed by atoms with Gasteiger partial charge >= 0.3 is 0 Å². The van der Waals surface area contributed by atoms with E-state index in [0.717, 1.165) is 27.4 Å². The van der Waals surface area contributed by atoms with Crippen molar-refractivity contribution in [2.45, 2.75) is 86.2 Å². The molecule has 3 aromatic rings. The third-order valence-electron chi connectivity index (χ3n) is 9.86. The summed E-state index contributed by atoms with van der Waals surface area (Å²) in [5.74, 6) is -4.10. The second-order valence-corrected chi connectivity index (χ2v) is 13.3. The number of aliphatic hydroxyl groups excluding tert-OH is 8. The average molecular weight is 833 g/mol. The molecular weight excluding hydrogens is 788 g/mol. The number of aliphatic hydroxyl groups is 8. The van der Waals surface area contributed by atoms with Crippen molar-refractivity contribution in [3.63, 3.8) is 0 Å². The molecule has 11 N–H and O–H groups in total. The van der Waals surface area contributed by atoms with Gasteiger partial charge in [-0.25, -0.2) is 0 Å². The Balaban J connectivity index is 1.24. The summed E-state index contributed by atoms with van der Waals surface area (Å²) in [7, 11) is 4.68. The molecule has 4 heterocycles. The van der Waals surface area contributed by atoms with Gasteiger partial charge in [0.05, 0.1) is 34.5 Å². The Kier molecular flexibility index (Phi) is 13.1. The number of methoxy groups -OCH3 is 4. The summed E-state index contributed by atoms with van der Waals surface area (Å²) in [6, 6.07) is 3.82. The average Bonchev–Trinajstić information content (AvgIpc) is 3.21. The second-order valence-electron chi connectivity index (χ2n) is 13.3. The van der Waals surface area contributed by atoms with Crippen molar-refractivity contribution in [1.82, 2.24) is 0 Å². The first kappa shape index (κ1) is 43.3. The predicted molar refractivity (Wildman–Crippen MR) is 186 cm³/mol. The van der Waals surface area contributed by atoms with E-state index in [1.165, 1.54) is 19.2 Å². The lowest BCUT2D eigenvalue weighted by Gasteiger charge is -2.47. The minimum absolute atomic E-state index is 0.0178. The van der Waals surface area contributed by atoms with Gasteiger partial charge in [-0.05, 0) is 18.2 Å². The van der Waals surface area contributed by atoms with Gasteiger partial charge in [-0.3, -0.25) is 4.79 Å². The van der Waals surface area contributed by atoms with Crippen molar-refractivity contribution < 1.29 is 108 Å². The van der Waals surface area contributed by atoms with Crippen LogP contribution in [0.5, 0.6) is 40.2 Å². The molecule has 322 valence electrons. The molecule has 3 aliphatic rings. The van der Waals surface area contributed by atoms with E-state index in [9.17, 15) is 61.0 Å². The van der Waals surface area contributed by atoms with E-state index < -0.39 is 156 Å². The molecule has 0 aliphatic carbocycles. The summed E-state index contributed by atoms with van der Waals surface area (Å²) in [6.07, 6.45) is -24.8. The molecule has 0 amide bonds. The van der Waals surface area contributed by atoms with Crippen molar-refractivity contribution in [2.75, 3.05) is 41.7 Å². The summed E-state index contributed by atoms with van der Waals surface area (Å²) < 4.78 is 59.9. The van der Waals surface area contributed by atoms with Gasteiger partial charge in [0, 0.05) is 12.7 Å². The zero-order valence-corrected chi connectivity index (χ0v) is 31.0. The van der Waals surface area contributed by atoms with Crippen LogP contribution in [0.1, 0.15) is 0 Å². The molecule has 3 saturated heterocycles. The number of fused-ring (bicyclic) bond motifs is 1. The summed E-state index contributed by atoms with van der Waals surface area (Å²) >= 11 is 0. The van der Waals surface area contributed by atoms with Crippen LogP contribution in [0.4, 0.5) is 0 Å². The maximum absolute atomic E-state index is 14.1. The molecular formula is C35H44O23. The molecule has 3 aliphatic heterocycles. The Morgan fingerprint density at radius 2 is 1.33 bits per heavy atom. The molecule has 14 atom stereocenters. The fraction of sp³-hybridized carbons (Fsp3) is 0.571. The summed E-state index contributed by atoms with van der Waals surface area (Å²) in [6.45, 7) is -1.50. The molecule has 0 radical (unpaired) electrons. The van der Waals surface area contributed by atoms with Crippen LogP contribution in [-0.4, -0.2) is 184 Å². The minimum atomic E-state index is -2.04. The van der Waals surface area contributed by atoms with E-state index in [1.54, 1.807) is 0 Å². The molecule has 0 bridgehead atoms. The normalized spacial score (nSPS) is 34.1. The third-order valence-corrected chi connectivity index (χ3v) is 9.86. The lowest BCUT2D eigenvalue weighted by atomic mass is 9.97. The van der Waals surface area contributed by atoms with Gasteiger partial charge in [0.2, 0.25) is 34.7 Å². The van der Waals surface area contributed by atoms with Crippen LogP contribution in [0.25, 0.3) is 22.3 Å². The maximum atomic E-state index is 14.1. The van der Waals surface area contributed by atoms with Gasteiger partial charge < -0.3 is 108 Å². The van der Waals surface area contributed by atoms with Crippen LogP contribution < -0.4 is 24.4 Å². The van der Waals surface area contributed by atoms with Gasteiger partial charge in [-0.15, -0.1) is 0 Å². The molecule has 0 spiro atoms. The van der Waals surface area contributed by atoms with E-state index >= 15 is 0 Å². The third kappa shape index (κ3) is 7.66. The SMILES string of the molecule is COc1ccc(-c2oc3c(OC)c(O)c(OC)c(O)c3c(=O)c2O[C@@H]2OC[C@H](O[C@H]3O[C@H](CO)[C@@H](O[C@H]4O[C@H](OC)[C@@H](O)[C@H](O)[C@H]4O)[C@H](O)[C@H]3O)[C@H](O)[C@H]2O)cc1O. The lowest BCUT2D eigenvalue weighted by Crippen LogP contribution is -2.65. The predicted octanol–water partition coefficient (Wildman–Crippen LogP) is -3.32. The van der Waals surface area contributed by atoms with Crippen molar-refractivity contribution in [3.05, 3.63) is 28.4 Å². The minimum Gasteiger partial charge on any atom is -0.504 e. The number of phenols is 3. The number of hydrogen-bond acceptors (Lipinski definition) is 23. The van der Waals surface area contributed by atoms with E-state index in [2.05, 4.69) is 0 Å². The van der Waals surface area contributed by atoms with E-state index in [-0.39, 0.29) is 11.3 Å². The summed E-state index contributed by atoms with van der Waals surface area (Å²) in [5.41, 5.74) is -1.60. The molecule has 2 aromatic carbocycles. The zero-order valence-electron chi connectivity index (χ0n) is 31.0. The Bertz CT molecular complexity index is 1970. The fourth-order valence-electron chi connectivity index (χ4n) is 6.73. The molecule has 23 nitrogen and oxygen atoms in total. The van der Waals surface area contributed by atoms with Crippen molar-refractivity contribution in [1.29, 1.82) is 0 Å². The van der Waals surface area contributed by atoms with Crippen LogP contribution in [0.3, 0.4) is 0 Å². The number of phenolic OH excluding ortho intramolecular Hbond substituents is 3. The van der Waals surface area contributed by atoms with Crippen LogP contribution in [-0.2, 0) is 28.4 Å². The smallest absolute Gasteiger partial charge is 0.239 e. The first-order valence-electron chi connectivity index (χ1n) is 17.5. The number of aromatic hydroxyl groups is 3. The second kappa shape index (κ2) is 17.5. The van der Waals surface area contributed by atoms with Crippen LogP contribution in [0.2, 0.25) is 0 Å². The van der Waals surface area contributed by atoms with E-state index in [0.29, 0.717) is 0 Å². The maximum Gasteiger partial charge on any atom is 0.239 e. The fourth-order valence-corrected chi connectivity index (χ4v) is 6.73. The first-order chi connectivity index (χ1) is 27.6. The largest absolute Gasteiger partial charge is 0.504 e. The highest BCUT2D eigenvalue weighted by atomic mass is 16.8. The Labute approximate surface area is 326 Å². The lowest BCUT2D eigenvalue weighted by molar-refractivity contribution is -0.386.